The van der Waals surface area contributed by atoms with Crippen LogP contribution in [0.1, 0.15) is 29.7 Å². The van der Waals surface area contributed by atoms with Crippen molar-refractivity contribution in [1.29, 1.82) is 0 Å². The molecular weight excluding hydrogens is 407 g/mol. The highest BCUT2D eigenvalue weighted by molar-refractivity contribution is 5.91. The van der Waals surface area contributed by atoms with E-state index in [2.05, 4.69) is 20.3 Å². The van der Waals surface area contributed by atoms with E-state index in [0.29, 0.717) is 12.1 Å². The smallest absolute Gasteiger partial charge is 0.354 e. The standard InChI is InChI=1S/C22H24F3N5O/c1-14-18-8-9-26-20(19(18)29(2)28-14)30-10-4-6-16(13-30)21(31)27-12-15-5-3-7-17(11-15)22(23,24)25/h3,5,7-9,11,16H,4,6,10,12-13H2,1-2H3,(H,27,31). The number of rotatable bonds is 4. The molecule has 0 aliphatic carbocycles. The molecule has 0 radical (unpaired) electrons. The Labute approximate surface area is 178 Å². The summed E-state index contributed by atoms with van der Waals surface area (Å²) >= 11 is 0. The maximum atomic E-state index is 12.9. The van der Waals surface area contributed by atoms with E-state index >= 15 is 0 Å². The van der Waals surface area contributed by atoms with Crippen LogP contribution in [0.15, 0.2) is 36.5 Å². The number of nitrogens with one attached hydrogen (secondary N) is 1. The van der Waals surface area contributed by atoms with Gasteiger partial charge in [0.25, 0.3) is 0 Å². The van der Waals surface area contributed by atoms with Crippen molar-refractivity contribution >= 4 is 22.6 Å². The van der Waals surface area contributed by atoms with Crippen LogP contribution in [0.4, 0.5) is 19.0 Å². The lowest BCUT2D eigenvalue weighted by atomic mass is 9.96. The van der Waals surface area contributed by atoms with Crippen LogP contribution < -0.4 is 10.2 Å². The van der Waals surface area contributed by atoms with Crippen LogP contribution in [0.2, 0.25) is 0 Å². The van der Waals surface area contributed by atoms with E-state index < -0.39 is 11.7 Å². The summed E-state index contributed by atoms with van der Waals surface area (Å²) in [5.74, 6) is 0.386. The summed E-state index contributed by atoms with van der Waals surface area (Å²) in [6.07, 6.45) is -1.09. The van der Waals surface area contributed by atoms with Gasteiger partial charge in [0.15, 0.2) is 5.82 Å². The van der Waals surface area contributed by atoms with Gasteiger partial charge in [0, 0.05) is 38.3 Å². The Hall–Kier alpha value is -3.10. The van der Waals surface area contributed by atoms with Crippen LogP contribution in [-0.4, -0.2) is 33.8 Å². The molecule has 1 aliphatic heterocycles. The predicted molar refractivity (Wildman–Crippen MR) is 111 cm³/mol. The molecule has 164 valence electrons. The Morgan fingerprint density at radius 1 is 1.29 bits per heavy atom. The van der Waals surface area contributed by atoms with Crippen molar-refractivity contribution < 1.29 is 18.0 Å². The predicted octanol–water partition coefficient (Wildman–Crippen LogP) is 3.83. The molecule has 6 nitrogen and oxygen atoms in total. The summed E-state index contributed by atoms with van der Waals surface area (Å²) in [5, 5.41) is 8.31. The number of benzene rings is 1. The van der Waals surface area contributed by atoms with E-state index in [4.69, 9.17) is 0 Å². The molecule has 1 atom stereocenters. The Bertz CT molecular complexity index is 1110. The summed E-state index contributed by atoms with van der Waals surface area (Å²) in [6, 6.07) is 6.97. The van der Waals surface area contributed by atoms with Gasteiger partial charge in [0.1, 0.15) is 5.52 Å². The molecule has 9 heteroatoms. The third-order valence-electron chi connectivity index (χ3n) is 5.73. The number of carbonyl (C=O) groups excluding carboxylic acids is 1. The highest BCUT2D eigenvalue weighted by Crippen LogP contribution is 2.31. The summed E-state index contributed by atoms with van der Waals surface area (Å²) in [6.45, 7) is 3.30. The Morgan fingerprint density at radius 2 is 2.10 bits per heavy atom. The number of halogens is 3. The topological polar surface area (TPSA) is 63.1 Å². The van der Waals surface area contributed by atoms with Gasteiger partial charge >= 0.3 is 6.18 Å². The van der Waals surface area contributed by atoms with Crippen molar-refractivity contribution in [1.82, 2.24) is 20.1 Å². The zero-order valence-corrected chi connectivity index (χ0v) is 17.4. The third kappa shape index (κ3) is 4.35. The highest BCUT2D eigenvalue weighted by atomic mass is 19.4. The molecular formula is C22H24F3N5O. The molecule has 1 amide bonds. The van der Waals surface area contributed by atoms with Gasteiger partial charge in [-0.25, -0.2) is 4.98 Å². The van der Waals surface area contributed by atoms with Gasteiger partial charge < -0.3 is 10.2 Å². The van der Waals surface area contributed by atoms with E-state index in [1.54, 1.807) is 12.3 Å². The first-order chi connectivity index (χ1) is 14.7. The lowest BCUT2D eigenvalue weighted by molar-refractivity contribution is -0.137. The lowest BCUT2D eigenvalue weighted by Crippen LogP contribution is -2.43. The van der Waals surface area contributed by atoms with E-state index in [1.165, 1.54) is 6.07 Å². The molecule has 1 fully saturated rings. The van der Waals surface area contributed by atoms with Crippen LogP contribution >= 0.6 is 0 Å². The van der Waals surface area contributed by atoms with Gasteiger partial charge in [-0.2, -0.15) is 18.3 Å². The summed E-state index contributed by atoms with van der Waals surface area (Å²) in [4.78, 5) is 19.4. The number of aryl methyl sites for hydroxylation is 2. The fourth-order valence-electron chi connectivity index (χ4n) is 4.19. The van der Waals surface area contributed by atoms with Crippen molar-refractivity contribution in [2.24, 2.45) is 13.0 Å². The molecule has 1 unspecified atom stereocenters. The average Bonchev–Trinajstić information content (AvgIpc) is 3.05. The first-order valence-corrected chi connectivity index (χ1v) is 10.2. The molecule has 3 heterocycles. The molecule has 0 bridgehead atoms. The Balaban J connectivity index is 1.45. The maximum Gasteiger partial charge on any atom is 0.416 e. The zero-order valence-electron chi connectivity index (χ0n) is 17.4. The molecule has 31 heavy (non-hydrogen) atoms. The number of nitrogens with zero attached hydrogens (tertiary/aromatic N) is 4. The number of aromatic nitrogens is 3. The van der Waals surface area contributed by atoms with Gasteiger partial charge in [-0.1, -0.05) is 12.1 Å². The minimum atomic E-state index is -4.40. The number of hydrogen-bond donors (Lipinski definition) is 1. The van der Waals surface area contributed by atoms with Crippen LogP contribution in [0.5, 0.6) is 0 Å². The van der Waals surface area contributed by atoms with Crippen LogP contribution in [0.3, 0.4) is 0 Å². The largest absolute Gasteiger partial charge is 0.416 e. The van der Waals surface area contributed by atoms with Crippen molar-refractivity contribution in [2.75, 3.05) is 18.0 Å². The molecule has 2 aromatic heterocycles. The monoisotopic (exact) mass is 431 g/mol. The SMILES string of the molecule is Cc1nn(C)c2c(N3CCCC(C(=O)NCc4cccc(C(F)(F)F)c4)C3)nccc12. The van der Waals surface area contributed by atoms with Crippen LogP contribution in [0.25, 0.3) is 10.9 Å². The van der Waals surface area contributed by atoms with Gasteiger partial charge in [0.05, 0.1) is 17.2 Å². The van der Waals surface area contributed by atoms with E-state index in [0.717, 1.165) is 53.9 Å². The molecule has 1 saturated heterocycles. The summed E-state index contributed by atoms with van der Waals surface area (Å²) in [7, 11) is 1.88. The third-order valence-corrected chi connectivity index (χ3v) is 5.73. The second-order valence-electron chi connectivity index (χ2n) is 7.94. The zero-order chi connectivity index (χ0) is 22.2. The average molecular weight is 431 g/mol. The maximum absolute atomic E-state index is 12.9. The second-order valence-corrected chi connectivity index (χ2v) is 7.94. The van der Waals surface area contributed by atoms with Gasteiger partial charge in [-0.3, -0.25) is 9.48 Å². The minimum Gasteiger partial charge on any atom is -0.354 e. The number of hydrogen-bond acceptors (Lipinski definition) is 4. The Kier molecular flexibility index (Phi) is 5.60. The molecule has 0 spiro atoms. The van der Waals surface area contributed by atoms with Crippen molar-refractivity contribution in [2.45, 2.75) is 32.5 Å². The quantitative estimate of drug-likeness (QED) is 0.682. The van der Waals surface area contributed by atoms with Gasteiger partial charge in [-0.15, -0.1) is 0 Å². The van der Waals surface area contributed by atoms with Gasteiger partial charge in [-0.05, 0) is 43.5 Å². The molecule has 1 aliphatic rings. The highest BCUT2D eigenvalue weighted by Gasteiger charge is 2.31. The van der Waals surface area contributed by atoms with Crippen LogP contribution in [0, 0.1) is 12.8 Å². The number of amides is 1. The van der Waals surface area contributed by atoms with Crippen molar-refractivity contribution in [3.63, 3.8) is 0 Å². The fraction of sp³-hybridized carbons (Fsp3) is 0.409. The molecule has 1 N–H and O–H groups in total. The normalized spacial score (nSPS) is 17.2. The molecule has 1 aromatic carbocycles. The van der Waals surface area contributed by atoms with E-state index in [-0.39, 0.29) is 18.4 Å². The number of alkyl halides is 3. The Morgan fingerprint density at radius 3 is 2.87 bits per heavy atom. The van der Waals surface area contributed by atoms with Crippen molar-refractivity contribution in [3.8, 4) is 0 Å². The number of fused-ring (bicyclic) bond motifs is 1. The first-order valence-electron chi connectivity index (χ1n) is 10.2. The number of pyridine rings is 1. The lowest BCUT2D eigenvalue weighted by Gasteiger charge is -2.33. The van der Waals surface area contributed by atoms with E-state index in [9.17, 15) is 18.0 Å². The van der Waals surface area contributed by atoms with E-state index in [1.807, 2.05) is 24.7 Å². The molecule has 3 aromatic rings. The van der Waals surface area contributed by atoms with Gasteiger partial charge in [0.2, 0.25) is 5.91 Å². The van der Waals surface area contributed by atoms with Crippen LogP contribution in [-0.2, 0) is 24.6 Å². The number of anilines is 1. The van der Waals surface area contributed by atoms with Crippen molar-refractivity contribution in [3.05, 3.63) is 53.3 Å². The number of piperidine rings is 1. The summed E-state index contributed by atoms with van der Waals surface area (Å²) in [5.41, 5.74) is 1.57. The minimum absolute atomic E-state index is 0.0635. The molecule has 0 saturated carbocycles. The first kappa shape index (κ1) is 21.1. The fourth-order valence-corrected chi connectivity index (χ4v) is 4.19. The second kappa shape index (κ2) is 8.20. The summed E-state index contributed by atoms with van der Waals surface area (Å²) < 4.78 is 40.5. The number of carbonyl (C=O) groups is 1. The molecule has 4 rings (SSSR count).